The first-order valence-corrected chi connectivity index (χ1v) is 13.6. The van der Waals surface area contributed by atoms with E-state index in [0.29, 0.717) is 29.8 Å². The number of benzene rings is 3. The summed E-state index contributed by atoms with van der Waals surface area (Å²) in [7, 11) is 1.20. The van der Waals surface area contributed by atoms with Crippen LogP contribution in [-0.4, -0.2) is 45.6 Å². The number of methoxy groups -OCH3 is 1. The van der Waals surface area contributed by atoms with E-state index >= 15 is 26.3 Å². The predicted molar refractivity (Wildman–Crippen MR) is 168 cm³/mol. The maximum absolute atomic E-state index is 15.3. The van der Waals surface area contributed by atoms with Gasteiger partial charge in [-0.05, 0) is 60.0 Å². The summed E-state index contributed by atoms with van der Waals surface area (Å²) in [6.45, 7) is 0.644. The van der Waals surface area contributed by atoms with Gasteiger partial charge in [0, 0.05) is 0 Å². The third-order valence-electron chi connectivity index (χ3n) is 7.14. The van der Waals surface area contributed by atoms with Crippen LogP contribution in [0.15, 0.2) is 54.6 Å². The highest BCUT2D eigenvalue weighted by atomic mass is 19.4. The Labute approximate surface area is 269 Å². The summed E-state index contributed by atoms with van der Waals surface area (Å²) >= 11 is 0. The fourth-order valence-electron chi connectivity index (χ4n) is 5.05. The largest absolute Gasteiger partial charge is 0.495 e. The second kappa shape index (κ2) is 14.5. The summed E-state index contributed by atoms with van der Waals surface area (Å²) in [6, 6.07) is 11.2. The molecule has 0 unspecified atom stereocenters. The maximum Gasteiger partial charge on any atom is 0.411 e. The molecule has 0 radical (unpaired) electrons. The van der Waals surface area contributed by atoms with E-state index in [1.165, 1.54) is 29.0 Å². The van der Waals surface area contributed by atoms with Crippen LogP contribution in [0.2, 0.25) is 0 Å². The van der Waals surface area contributed by atoms with E-state index < -0.39 is 28.9 Å². The van der Waals surface area contributed by atoms with Crippen molar-refractivity contribution in [3.05, 3.63) is 76.9 Å². The Hall–Kier alpha value is -5.83. The molecule has 3 rings (SSSR count). The van der Waals surface area contributed by atoms with Crippen molar-refractivity contribution in [1.29, 1.82) is 5.26 Å². The predicted octanol–water partition coefficient (Wildman–Crippen LogP) is 7.22. The highest BCUT2D eigenvalue weighted by Crippen LogP contribution is 2.58. The molecule has 0 aromatic heterocycles. The van der Waals surface area contributed by atoms with Crippen LogP contribution in [0.1, 0.15) is 22.3 Å². The molecular formula is C36H27F6N3O2. The van der Waals surface area contributed by atoms with Crippen LogP contribution in [0.4, 0.5) is 37.7 Å². The van der Waals surface area contributed by atoms with Gasteiger partial charge in [0.05, 0.1) is 50.2 Å². The van der Waals surface area contributed by atoms with E-state index in [1.807, 2.05) is 6.07 Å². The third kappa shape index (κ3) is 7.04. The van der Waals surface area contributed by atoms with E-state index in [4.69, 9.17) is 35.2 Å². The van der Waals surface area contributed by atoms with Crippen LogP contribution in [0.25, 0.3) is 0 Å². The normalized spacial score (nSPS) is 11.2. The van der Waals surface area contributed by atoms with Gasteiger partial charge in [-0.15, -0.1) is 25.7 Å². The van der Waals surface area contributed by atoms with Gasteiger partial charge in [-0.2, -0.15) is 31.6 Å². The van der Waals surface area contributed by atoms with Gasteiger partial charge in [-0.1, -0.05) is 41.9 Å². The molecule has 3 aromatic rings. The van der Waals surface area contributed by atoms with E-state index in [2.05, 4.69) is 23.7 Å². The number of aryl methyl sites for hydroxylation is 1. The minimum Gasteiger partial charge on any atom is -0.495 e. The lowest BCUT2D eigenvalue weighted by Crippen LogP contribution is -2.55. The number of alkyl halides is 6. The number of nitriles is 1. The highest BCUT2D eigenvalue weighted by Gasteiger charge is 2.72. The van der Waals surface area contributed by atoms with Crippen LogP contribution < -0.4 is 19.3 Å². The monoisotopic (exact) mass is 647 g/mol. The molecule has 0 atom stereocenters. The minimum atomic E-state index is -5.95. The average molecular weight is 648 g/mol. The number of terminal acetylenes is 4. The van der Waals surface area contributed by atoms with E-state index in [1.54, 1.807) is 13.0 Å². The van der Waals surface area contributed by atoms with E-state index in [0.717, 1.165) is 12.1 Å². The Bertz CT molecular complexity index is 1780. The molecule has 0 heterocycles. The summed E-state index contributed by atoms with van der Waals surface area (Å²) in [5, 5.41) is 9.58. The fraction of sp³-hybridized carbons (Fsp3) is 0.250. The lowest BCUT2D eigenvalue weighted by Gasteiger charge is -2.39. The summed E-state index contributed by atoms with van der Waals surface area (Å²) in [4.78, 5) is 2.44. The number of nitrogens with zero attached hydrogens (tertiary/aromatic N) is 3. The Morgan fingerprint density at radius 3 is 1.51 bits per heavy atom. The van der Waals surface area contributed by atoms with Crippen molar-refractivity contribution in [1.82, 2.24) is 0 Å². The van der Waals surface area contributed by atoms with Crippen molar-refractivity contribution in [3.63, 3.8) is 0 Å². The fourth-order valence-corrected chi connectivity index (χ4v) is 5.05. The van der Waals surface area contributed by atoms with Crippen molar-refractivity contribution in [2.75, 3.05) is 43.1 Å². The van der Waals surface area contributed by atoms with Crippen molar-refractivity contribution < 1.29 is 35.8 Å². The van der Waals surface area contributed by atoms with Gasteiger partial charge in [-0.3, -0.25) is 0 Å². The first-order chi connectivity index (χ1) is 22.2. The van der Waals surface area contributed by atoms with Gasteiger partial charge in [0.2, 0.25) is 5.41 Å². The van der Waals surface area contributed by atoms with Crippen LogP contribution in [0, 0.1) is 67.6 Å². The second-order valence-corrected chi connectivity index (χ2v) is 10.1. The minimum absolute atomic E-state index is 0.0164. The zero-order valence-electron chi connectivity index (χ0n) is 25.3. The Balaban J connectivity index is 2.47. The Morgan fingerprint density at radius 1 is 0.660 bits per heavy atom. The number of halogens is 6. The molecule has 0 fully saturated rings. The summed E-state index contributed by atoms with van der Waals surface area (Å²) in [6.07, 6.45) is 9.90. The van der Waals surface area contributed by atoms with Crippen molar-refractivity contribution in [2.45, 2.75) is 24.7 Å². The summed E-state index contributed by atoms with van der Waals surface area (Å²) < 4.78 is 103. The molecule has 0 aliphatic carbocycles. The molecule has 0 amide bonds. The van der Waals surface area contributed by atoms with Gasteiger partial charge < -0.3 is 19.3 Å². The second-order valence-electron chi connectivity index (χ2n) is 10.1. The molecular weight excluding hydrogens is 620 g/mol. The first kappa shape index (κ1) is 35.6. The van der Waals surface area contributed by atoms with E-state index in [-0.39, 0.29) is 60.4 Å². The Morgan fingerprint density at radius 2 is 1.11 bits per heavy atom. The molecule has 0 N–H and O–H groups in total. The van der Waals surface area contributed by atoms with Gasteiger partial charge in [0.25, 0.3) is 0 Å². The molecule has 0 aliphatic heterocycles. The lowest BCUT2D eigenvalue weighted by atomic mass is 9.72. The average Bonchev–Trinajstić information content (AvgIpc) is 3.00. The molecule has 0 bridgehead atoms. The number of anilines is 2. The number of ether oxygens (including phenoxy) is 2. The van der Waals surface area contributed by atoms with E-state index in [9.17, 15) is 5.26 Å². The standard InChI is InChI=1S/C36H27F6N3O2/c1-7-17-44(18-8-2)29-22-27(13-15-31(29)46-6)34(35(37,38)39,36(40,41)42)28-14-16-32(30(23-28)45(19-9-3)20-10-4)47-33-21-25(5)11-12-26(33)24-43/h1-4,11-16,21-23H,17-20H2,5-6H3. The summed E-state index contributed by atoms with van der Waals surface area (Å²) in [5.41, 5.74) is -6.68. The molecule has 0 saturated heterocycles. The first-order valence-electron chi connectivity index (χ1n) is 13.6. The molecule has 11 heteroatoms. The van der Waals surface area contributed by atoms with Crippen LogP contribution >= 0.6 is 0 Å². The van der Waals surface area contributed by atoms with Crippen molar-refractivity contribution in [2.24, 2.45) is 0 Å². The van der Waals surface area contributed by atoms with Gasteiger partial charge >= 0.3 is 12.4 Å². The van der Waals surface area contributed by atoms with Gasteiger partial charge in [0.1, 0.15) is 17.6 Å². The van der Waals surface area contributed by atoms with Crippen LogP contribution in [0.5, 0.6) is 17.2 Å². The molecule has 0 aliphatic rings. The Kier molecular flexibility index (Phi) is 11.0. The molecule has 240 valence electrons. The molecule has 0 saturated carbocycles. The van der Waals surface area contributed by atoms with Gasteiger partial charge in [-0.25, -0.2) is 0 Å². The maximum atomic E-state index is 15.3. The van der Waals surface area contributed by atoms with Crippen molar-refractivity contribution in [3.8, 4) is 72.7 Å². The topological polar surface area (TPSA) is 48.7 Å². The number of hydrogen-bond donors (Lipinski definition) is 0. The molecule has 47 heavy (non-hydrogen) atoms. The zero-order valence-corrected chi connectivity index (χ0v) is 25.3. The molecule has 0 spiro atoms. The molecule has 3 aromatic carbocycles. The number of hydrogen-bond acceptors (Lipinski definition) is 5. The lowest BCUT2D eigenvalue weighted by molar-refractivity contribution is -0.288. The van der Waals surface area contributed by atoms with Crippen LogP contribution in [0.3, 0.4) is 0 Å². The number of rotatable bonds is 11. The smallest absolute Gasteiger partial charge is 0.411 e. The van der Waals surface area contributed by atoms with Gasteiger partial charge in [0.15, 0.2) is 5.75 Å². The zero-order chi connectivity index (χ0) is 35.0. The highest BCUT2D eigenvalue weighted by molar-refractivity contribution is 5.68. The van der Waals surface area contributed by atoms with Crippen LogP contribution in [-0.2, 0) is 5.41 Å². The summed E-state index contributed by atoms with van der Waals surface area (Å²) in [5.74, 6) is 8.97. The third-order valence-corrected chi connectivity index (χ3v) is 7.14. The van der Waals surface area contributed by atoms with Crippen molar-refractivity contribution >= 4 is 11.4 Å². The molecule has 5 nitrogen and oxygen atoms in total. The SMILES string of the molecule is C#CCN(CC#C)c1cc(C(c2ccc(Oc3cc(C)ccc3C#N)c(N(CC#C)CC#C)c2)(C(F)(F)F)C(F)(F)F)ccc1OC. The quantitative estimate of drug-likeness (QED) is 0.163.